The second-order valence-corrected chi connectivity index (χ2v) is 6.98. The minimum atomic E-state index is -0.117. The second-order valence-electron chi connectivity index (χ2n) is 6.98. The molecule has 8 nitrogen and oxygen atoms in total. The van der Waals surface area contributed by atoms with E-state index in [0.29, 0.717) is 35.7 Å². The molecule has 1 atom stereocenters. The van der Waals surface area contributed by atoms with Gasteiger partial charge in [0, 0.05) is 26.8 Å². The molecular weight excluding hydrogens is 358 g/mol. The molecule has 3 aromatic rings. The summed E-state index contributed by atoms with van der Waals surface area (Å²) in [7, 11) is 3.29. The molecule has 1 aromatic carbocycles. The molecule has 1 aliphatic rings. The van der Waals surface area contributed by atoms with Crippen LogP contribution in [0.15, 0.2) is 46.2 Å². The van der Waals surface area contributed by atoms with Crippen molar-refractivity contribution in [1.29, 1.82) is 0 Å². The van der Waals surface area contributed by atoms with Crippen LogP contribution in [0.3, 0.4) is 0 Å². The molecule has 0 radical (unpaired) electrons. The molecule has 0 spiro atoms. The van der Waals surface area contributed by atoms with Crippen molar-refractivity contribution in [1.82, 2.24) is 19.1 Å². The number of rotatable bonds is 5. The SMILES string of the molecule is COCCn1c(C2CCCN2c2cc(=O)n(C)cn2)nc2ccccc2c1=O. The summed E-state index contributed by atoms with van der Waals surface area (Å²) < 4.78 is 8.36. The summed E-state index contributed by atoms with van der Waals surface area (Å²) in [5.74, 6) is 1.31. The van der Waals surface area contributed by atoms with E-state index >= 15 is 0 Å². The molecule has 1 fully saturated rings. The molecule has 1 aliphatic heterocycles. The van der Waals surface area contributed by atoms with Crippen molar-refractivity contribution >= 4 is 16.7 Å². The zero-order valence-corrected chi connectivity index (χ0v) is 16.0. The van der Waals surface area contributed by atoms with Crippen molar-refractivity contribution in [3.63, 3.8) is 0 Å². The standard InChI is InChI=1S/C20H23N5O3/c1-23-13-21-17(12-18(23)26)24-9-5-8-16(24)19-22-15-7-4-3-6-14(15)20(27)25(19)10-11-28-2/h3-4,6-7,12-13,16H,5,8-11H2,1-2H3. The average Bonchev–Trinajstić information content (AvgIpc) is 3.19. The van der Waals surface area contributed by atoms with E-state index in [9.17, 15) is 9.59 Å². The van der Waals surface area contributed by atoms with Gasteiger partial charge in [-0.25, -0.2) is 9.97 Å². The molecule has 1 unspecified atom stereocenters. The Morgan fingerprint density at radius 3 is 2.86 bits per heavy atom. The van der Waals surface area contributed by atoms with E-state index in [1.165, 1.54) is 17.0 Å². The molecule has 0 bridgehead atoms. The molecule has 0 N–H and O–H groups in total. The third-order valence-electron chi connectivity index (χ3n) is 5.22. The predicted octanol–water partition coefficient (Wildman–Crippen LogP) is 1.48. The van der Waals surface area contributed by atoms with Gasteiger partial charge in [0.15, 0.2) is 0 Å². The third-order valence-corrected chi connectivity index (χ3v) is 5.22. The highest BCUT2D eigenvalue weighted by atomic mass is 16.5. The number of aromatic nitrogens is 4. The normalized spacial score (nSPS) is 16.8. The van der Waals surface area contributed by atoms with Crippen LogP contribution in [-0.2, 0) is 18.3 Å². The van der Waals surface area contributed by atoms with E-state index in [1.807, 2.05) is 18.2 Å². The minimum absolute atomic E-state index is 0.0681. The summed E-state index contributed by atoms with van der Waals surface area (Å²) >= 11 is 0. The lowest BCUT2D eigenvalue weighted by atomic mass is 10.1. The molecule has 0 amide bonds. The maximum Gasteiger partial charge on any atom is 0.261 e. The summed E-state index contributed by atoms with van der Waals surface area (Å²) in [5.41, 5.74) is 0.500. The summed E-state index contributed by atoms with van der Waals surface area (Å²) in [6.07, 6.45) is 3.31. The molecule has 4 rings (SSSR count). The van der Waals surface area contributed by atoms with Gasteiger partial charge in [0.2, 0.25) is 0 Å². The topological polar surface area (TPSA) is 82.2 Å². The van der Waals surface area contributed by atoms with Gasteiger partial charge in [-0.15, -0.1) is 0 Å². The number of fused-ring (bicyclic) bond motifs is 1. The van der Waals surface area contributed by atoms with Crippen LogP contribution in [0.25, 0.3) is 10.9 Å². The lowest BCUT2D eigenvalue weighted by Gasteiger charge is -2.27. The van der Waals surface area contributed by atoms with Crippen LogP contribution in [0.2, 0.25) is 0 Å². The molecular formula is C20H23N5O3. The summed E-state index contributed by atoms with van der Waals surface area (Å²) in [4.78, 5) is 36.6. The lowest BCUT2D eigenvalue weighted by molar-refractivity contribution is 0.184. The zero-order chi connectivity index (χ0) is 19.7. The Balaban J connectivity index is 1.85. The number of hydrogen-bond acceptors (Lipinski definition) is 6. The van der Waals surface area contributed by atoms with E-state index in [1.54, 1.807) is 24.8 Å². The summed E-state index contributed by atoms with van der Waals surface area (Å²) in [6, 6.07) is 8.80. The van der Waals surface area contributed by atoms with Gasteiger partial charge in [0.25, 0.3) is 11.1 Å². The Bertz CT molecular complexity index is 1120. The van der Waals surface area contributed by atoms with Crippen molar-refractivity contribution in [3.05, 3.63) is 63.2 Å². The molecule has 146 valence electrons. The van der Waals surface area contributed by atoms with E-state index in [2.05, 4.69) is 9.88 Å². The molecule has 3 heterocycles. The van der Waals surface area contributed by atoms with Crippen LogP contribution in [0, 0.1) is 0 Å². The summed E-state index contributed by atoms with van der Waals surface area (Å²) in [5, 5.41) is 0.596. The first-order valence-electron chi connectivity index (χ1n) is 9.38. The van der Waals surface area contributed by atoms with Crippen LogP contribution >= 0.6 is 0 Å². The van der Waals surface area contributed by atoms with Crippen molar-refractivity contribution in [2.24, 2.45) is 7.05 Å². The fraction of sp³-hybridized carbons (Fsp3) is 0.400. The first-order valence-corrected chi connectivity index (χ1v) is 9.38. The Hall–Kier alpha value is -3.00. The number of anilines is 1. The molecule has 0 saturated carbocycles. The Kier molecular flexibility index (Phi) is 4.95. The van der Waals surface area contributed by atoms with Crippen LogP contribution in [0.4, 0.5) is 5.82 Å². The van der Waals surface area contributed by atoms with E-state index in [4.69, 9.17) is 9.72 Å². The van der Waals surface area contributed by atoms with E-state index in [0.717, 1.165) is 19.4 Å². The first-order chi connectivity index (χ1) is 13.6. The van der Waals surface area contributed by atoms with E-state index < -0.39 is 0 Å². The fourth-order valence-electron chi connectivity index (χ4n) is 3.76. The summed E-state index contributed by atoms with van der Waals surface area (Å²) in [6.45, 7) is 1.61. The number of hydrogen-bond donors (Lipinski definition) is 0. The third kappa shape index (κ3) is 3.20. The number of ether oxygens (including phenoxy) is 1. The number of para-hydroxylation sites is 1. The zero-order valence-electron chi connectivity index (χ0n) is 16.0. The average molecular weight is 381 g/mol. The molecule has 1 saturated heterocycles. The van der Waals surface area contributed by atoms with Gasteiger partial charge in [0.05, 0.1) is 36.4 Å². The van der Waals surface area contributed by atoms with E-state index in [-0.39, 0.29) is 17.2 Å². The largest absolute Gasteiger partial charge is 0.383 e. The maximum absolute atomic E-state index is 13.1. The van der Waals surface area contributed by atoms with Crippen LogP contribution < -0.4 is 16.0 Å². The highest BCUT2D eigenvalue weighted by Gasteiger charge is 2.31. The van der Waals surface area contributed by atoms with Crippen molar-refractivity contribution in [3.8, 4) is 0 Å². The van der Waals surface area contributed by atoms with Gasteiger partial charge in [-0.3, -0.25) is 14.2 Å². The Morgan fingerprint density at radius 1 is 1.25 bits per heavy atom. The second kappa shape index (κ2) is 7.55. The van der Waals surface area contributed by atoms with Crippen molar-refractivity contribution < 1.29 is 4.74 Å². The predicted molar refractivity (Wildman–Crippen MR) is 107 cm³/mol. The minimum Gasteiger partial charge on any atom is -0.383 e. The van der Waals surface area contributed by atoms with Gasteiger partial charge < -0.3 is 14.2 Å². The smallest absolute Gasteiger partial charge is 0.261 e. The highest BCUT2D eigenvalue weighted by Crippen LogP contribution is 2.33. The van der Waals surface area contributed by atoms with Crippen LogP contribution in [0.5, 0.6) is 0 Å². The monoisotopic (exact) mass is 381 g/mol. The number of nitrogens with zero attached hydrogens (tertiary/aromatic N) is 5. The van der Waals surface area contributed by atoms with Gasteiger partial charge in [-0.2, -0.15) is 0 Å². The van der Waals surface area contributed by atoms with Gasteiger partial charge >= 0.3 is 0 Å². The highest BCUT2D eigenvalue weighted by molar-refractivity contribution is 5.77. The van der Waals surface area contributed by atoms with Gasteiger partial charge in [-0.1, -0.05) is 12.1 Å². The van der Waals surface area contributed by atoms with Crippen LogP contribution in [0.1, 0.15) is 24.7 Å². The first kappa shape index (κ1) is 18.4. The van der Waals surface area contributed by atoms with Crippen molar-refractivity contribution in [2.45, 2.75) is 25.4 Å². The maximum atomic E-state index is 13.1. The molecule has 8 heteroatoms. The van der Waals surface area contributed by atoms with Crippen molar-refractivity contribution in [2.75, 3.05) is 25.2 Å². The van der Waals surface area contributed by atoms with Crippen LogP contribution in [-0.4, -0.2) is 39.4 Å². The van der Waals surface area contributed by atoms with Gasteiger partial charge in [0.1, 0.15) is 11.6 Å². The quantitative estimate of drug-likeness (QED) is 0.666. The molecule has 0 aliphatic carbocycles. The lowest BCUT2D eigenvalue weighted by Crippen LogP contribution is -2.34. The fourth-order valence-corrected chi connectivity index (χ4v) is 3.76. The Labute approximate surface area is 162 Å². The van der Waals surface area contributed by atoms with Gasteiger partial charge in [-0.05, 0) is 25.0 Å². The Morgan fingerprint density at radius 2 is 2.07 bits per heavy atom. The molecule has 2 aromatic heterocycles. The number of benzene rings is 1. The number of methoxy groups -OCH3 is 1. The number of aryl methyl sites for hydroxylation is 1. The molecule has 28 heavy (non-hydrogen) atoms.